The van der Waals surface area contributed by atoms with Crippen molar-refractivity contribution in [3.8, 4) is 11.5 Å². The summed E-state index contributed by atoms with van der Waals surface area (Å²) in [6.45, 7) is 10.3. The van der Waals surface area contributed by atoms with Gasteiger partial charge in [-0.1, -0.05) is 25.4 Å². The fraction of sp³-hybridized carbons (Fsp3) is 0.565. The van der Waals surface area contributed by atoms with Gasteiger partial charge in [-0.15, -0.1) is 0 Å². The highest BCUT2D eigenvalue weighted by molar-refractivity contribution is 7.84. The maximum absolute atomic E-state index is 12.5. The Morgan fingerprint density at radius 3 is 2.61 bits per heavy atom. The molecule has 1 N–H and O–H groups in total. The third-order valence-electron chi connectivity index (χ3n) is 5.49. The van der Waals surface area contributed by atoms with Crippen molar-refractivity contribution in [1.29, 1.82) is 0 Å². The lowest BCUT2D eigenvalue weighted by Gasteiger charge is -2.34. The monoisotopic (exact) mass is 465 g/mol. The second-order valence-corrected chi connectivity index (χ2v) is 10.6. The first-order chi connectivity index (χ1) is 14.8. The predicted molar refractivity (Wildman–Crippen MR) is 125 cm³/mol. The molecule has 8 heteroatoms. The highest BCUT2D eigenvalue weighted by Gasteiger charge is 2.21. The fourth-order valence-corrected chi connectivity index (χ4v) is 5.38. The number of amides is 1. The van der Waals surface area contributed by atoms with Crippen LogP contribution in [-0.4, -0.2) is 51.9 Å². The Balaban J connectivity index is 1.40. The highest BCUT2D eigenvalue weighted by Crippen LogP contribution is 2.24. The summed E-state index contributed by atoms with van der Waals surface area (Å²) in [4.78, 5) is 19.1. The molecule has 3 atom stereocenters. The van der Waals surface area contributed by atoms with E-state index in [4.69, 9.17) is 16.0 Å². The van der Waals surface area contributed by atoms with Gasteiger partial charge in [0.05, 0.1) is 11.4 Å². The zero-order chi connectivity index (χ0) is 22.4. The van der Waals surface area contributed by atoms with Crippen LogP contribution in [0.1, 0.15) is 38.1 Å². The molecule has 0 aliphatic carbocycles. The number of nitrogens with one attached hydrogen (secondary N) is 1. The lowest BCUT2D eigenvalue weighted by atomic mass is 9.92. The average molecular weight is 466 g/mol. The molecule has 1 aliphatic rings. The molecule has 0 unspecified atom stereocenters. The number of hydrogen-bond donors (Lipinski definition) is 1. The Kier molecular flexibility index (Phi) is 8.69. The van der Waals surface area contributed by atoms with Gasteiger partial charge in [0.25, 0.3) is 0 Å². The average Bonchev–Trinajstić information content (AvgIpc) is 3.05. The van der Waals surface area contributed by atoms with Crippen molar-refractivity contribution in [2.45, 2.75) is 39.4 Å². The number of benzene rings is 1. The molecule has 0 bridgehead atoms. The molecule has 31 heavy (non-hydrogen) atoms. The van der Waals surface area contributed by atoms with Gasteiger partial charge in [-0.25, -0.2) is 4.98 Å². The Hall–Kier alpha value is -1.70. The number of aromatic nitrogens is 1. The quantitative estimate of drug-likeness (QED) is 0.565. The maximum Gasteiger partial charge on any atom is 0.232 e. The van der Waals surface area contributed by atoms with E-state index in [1.807, 2.05) is 12.1 Å². The van der Waals surface area contributed by atoms with E-state index in [2.05, 4.69) is 29.0 Å². The lowest BCUT2D eigenvalue weighted by molar-refractivity contribution is -0.118. The molecule has 1 amide bonds. The standard InChI is InChI=1S/C23H32ClN3O3S/c1-16-11-17(2)13-27(12-16)10-4-9-25-22(28)15-31(29)14-21-18(3)30-23(26-21)19-5-7-20(24)8-6-19/h5-8,16-17H,4,9-15H2,1-3H3,(H,25,28)/t16-,17-,31+/m1/s1. The van der Waals surface area contributed by atoms with Gasteiger partial charge >= 0.3 is 0 Å². The van der Waals surface area contributed by atoms with Crippen LogP contribution in [0.15, 0.2) is 28.7 Å². The van der Waals surface area contributed by atoms with E-state index < -0.39 is 10.8 Å². The first-order valence-electron chi connectivity index (χ1n) is 10.9. The Labute approximate surface area is 192 Å². The smallest absolute Gasteiger partial charge is 0.232 e. The van der Waals surface area contributed by atoms with Crippen molar-refractivity contribution in [1.82, 2.24) is 15.2 Å². The number of piperidine rings is 1. The number of rotatable bonds is 9. The lowest BCUT2D eigenvalue weighted by Crippen LogP contribution is -2.40. The molecule has 170 valence electrons. The Morgan fingerprint density at radius 2 is 1.94 bits per heavy atom. The summed E-state index contributed by atoms with van der Waals surface area (Å²) >= 11 is 5.92. The van der Waals surface area contributed by atoms with Crippen LogP contribution < -0.4 is 5.32 Å². The Bertz CT molecular complexity index is 890. The molecule has 1 aliphatic heterocycles. The minimum atomic E-state index is -1.34. The van der Waals surface area contributed by atoms with Crippen molar-refractivity contribution < 1.29 is 13.4 Å². The van der Waals surface area contributed by atoms with Crippen LogP contribution in [0.2, 0.25) is 5.02 Å². The van der Waals surface area contributed by atoms with Crippen molar-refractivity contribution in [2.75, 3.05) is 31.9 Å². The van der Waals surface area contributed by atoms with Crippen LogP contribution in [0.25, 0.3) is 11.5 Å². The molecule has 0 spiro atoms. The summed E-state index contributed by atoms with van der Waals surface area (Å²) in [5, 5.41) is 3.54. The molecule has 1 saturated heterocycles. The van der Waals surface area contributed by atoms with Crippen molar-refractivity contribution in [3.63, 3.8) is 0 Å². The first-order valence-corrected chi connectivity index (χ1v) is 12.7. The van der Waals surface area contributed by atoms with Crippen LogP contribution in [-0.2, 0) is 21.3 Å². The third kappa shape index (κ3) is 7.44. The van der Waals surface area contributed by atoms with Gasteiger partial charge in [0.2, 0.25) is 11.8 Å². The normalized spacial score (nSPS) is 20.5. The molecule has 1 aromatic heterocycles. The molecule has 3 rings (SSSR count). The number of aryl methyl sites for hydroxylation is 1. The van der Waals surface area contributed by atoms with E-state index >= 15 is 0 Å². The number of halogens is 1. The predicted octanol–water partition coefficient (Wildman–Crippen LogP) is 4.04. The van der Waals surface area contributed by atoms with E-state index in [1.54, 1.807) is 19.1 Å². The third-order valence-corrected chi connectivity index (χ3v) is 6.92. The van der Waals surface area contributed by atoms with E-state index in [0.717, 1.165) is 43.5 Å². The van der Waals surface area contributed by atoms with Gasteiger partial charge < -0.3 is 14.6 Å². The molecule has 1 aromatic carbocycles. The summed E-state index contributed by atoms with van der Waals surface area (Å²) in [5.41, 5.74) is 1.42. The molecule has 6 nitrogen and oxygen atoms in total. The molecule has 2 aromatic rings. The van der Waals surface area contributed by atoms with Crippen LogP contribution in [0.3, 0.4) is 0 Å². The van der Waals surface area contributed by atoms with E-state index in [-0.39, 0.29) is 17.4 Å². The zero-order valence-electron chi connectivity index (χ0n) is 18.5. The van der Waals surface area contributed by atoms with E-state index in [0.29, 0.717) is 28.9 Å². The molecule has 0 saturated carbocycles. The summed E-state index contributed by atoms with van der Waals surface area (Å²) in [6, 6.07) is 7.19. The molecule has 2 heterocycles. The highest BCUT2D eigenvalue weighted by atomic mass is 35.5. The van der Waals surface area contributed by atoms with Crippen LogP contribution >= 0.6 is 11.6 Å². The van der Waals surface area contributed by atoms with Crippen LogP contribution in [0, 0.1) is 18.8 Å². The summed E-state index contributed by atoms with van der Waals surface area (Å²) in [5.74, 6) is 2.54. The van der Waals surface area contributed by atoms with Gasteiger partial charge in [-0.3, -0.25) is 9.00 Å². The van der Waals surface area contributed by atoms with Crippen LogP contribution in [0.5, 0.6) is 0 Å². The molecular formula is C23H32ClN3O3S. The summed E-state index contributed by atoms with van der Waals surface area (Å²) < 4.78 is 18.2. The number of likely N-dealkylation sites (tertiary alicyclic amines) is 1. The number of nitrogens with zero attached hydrogens (tertiary/aromatic N) is 2. The molecule has 0 radical (unpaired) electrons. The topological polar surface area (TPSA) is 75.4 Å². The second kappa shape index (κ2) is 11.2. The van der Waals surface area contributed by atoms with Gasteiger partial charge in [-0.05, 0) is 62.4 Å². The van der Waals surface area contributed by atoms with Crippen LogP contribution in [0.4, 0.5) is 0 Å². The first kappa shape index (κ1) is 24.0. The zero-order valence-corrected chi connectivity index (χ0v) is 20.1. The van der Waals surface area contributed by atoms with E-state index in [9.17, 15) is 9.00 Å². The number of oxazole rings is 1. The Morgan fingerprint density at radius 1 is 1.26 bits per heavy atom. The second-order valence-electron chi connectivity index (χ2n) is 8.67. The van der Waals surface area contributed by atoms with E-state index in [1.165, 1.54) is 6.42 Å². The number of hydrogen-bond acceptors (Lipinski definition) is 5. The van der Waals surface area contributed by atoms with Gasteiger partial charge in [0.1, 0.15) is 11.5 Å². The van der Waals surface area contributed by atoms with Gasteiger partial charge in [0, 0.05) is 41.0 Å². The number of carbonyl (C=O) groups excluding carboxylic acids is 1. The number of carbonyl (C=O) groups is 1. The van der Waals surface area contributed by atoms with Gasteiger partial charge in [0.15, 0.2) is 0 Å². The summed E-state index contributed by atoms with van der Waals surface area (Å²) in [7, 11) is -1.34. The van der Waals surface area contributed by atoms with Crippen molar-refractivity contribution in [3.05, 3.63) is 40.7 Å². The maximum atomic E-state index is 12.5. The van der Waals surface area contributed by atoms with Crippen molar-refractivity contribution in [2.24, 2.45) is 11.8 Å². The fourth-order valence-electron chi connectivity index (χ4n) is 4.18. The molecular weight excluding hydrogens is 434 g/mol. The summed E-state index contributed by atoms with van der Waals surface area (Å²) in [6.07, 6.45) is 2.20. The SMILES string of the molecule is Cc1oc(-c2ccc(Cl)cc2)nc1C[S@](=O)CC(=O)NCCCN1C[C@H](C)C[C@@H](C)C1. The minimum absolute atomic E-state index is 0.0274. The minimum Gasteiger partial charge on any atom is -0.441 e. The molecule has 1 fully saturated rings. The largest absolute Gasteiger partial charge is 0.441 e. The van der Waals surface area contributed by atoms with Crippen molar-refractivity contribution >= 4 is 28.3 Å². The van der Waals surface area contributed by atoms with Gasteiger partial charge in [-0.2, -0.15) is 0 Å².